The number of allylic oxidation sites excluding steroid dienone is 1. The van der Waals surface area contributed by atoms with Gasteiger partial charge in [-0.2, -0.15) is 5.26 Å². The summed E-state index contributed by atoms with van der Waals surface area (Å²) in [6.07, 6.45) is 1.73. The molecule has 5 nitrogen and oxygen atoms in total. The molecule has 0 saturated carbocycles. The number of hydrogen-bond donors (Lipinski definition) is 1. The number of ether oxygens (including phenoxy) is 1. The summed E-state index contributed by atoms with van der Waals surface area (Å²) in [6.45, 7) is 0.125. The van der Waals surface area contributed by atoms with Crippen LogP contribution < -0.4 is 4.74 Å². The smallest absolute Gasteiger partial charge is 0.306 e. The van der Waals surface area contributed by atoms with Crippen molar-refractivity contribution in [3.05, 3.63) is 59.1 Å². The first-order valence-electron chi connectivity index (χ1n) is 7.58. The molecule has 0 saturated heterocycles. The normalized spacial score (nSPS) is 11.2. The minimum Gasteiger partial charge on any atom is -0.493 e. The molecule has 25 heavy (non-hydrogen) atoms. The van der Waals surface area contributed by atoms with E-state index >= 15 is 0 Å². The molecule has 0 atom stereocenters. The summed E-state index contributed by atoms with van der Waals surface area (Å²) in [6, 6.07) is 17.1. The number of fused-ring (bicyclic) bond motifs is 1. The van der Waals surface area contributed by atoms with E-state index in [1.54, 1.807) is 18.2 Å². The van der Waals surface area contributed by atoms with Gasteiger partial charge in [0.2, 0.25) is 0 Å². The Kier molecular flexibility index (Phi) is 5.07. The number of rotatable bonds is 6. The number of carboxylic acid groups (broad SMARTS) is 1. The van der Waals surface area contributed by atoms with E-state index in [1.807, 2.05) is 36.4 Å². The van der Waals surface area contributed by atoms with Crippen molar-refractivity contribution in [3.8, 4) is 11.8 Å². The maximum absolute atomic E-state index is 10.5. The summed E-state index contributed by atoms with van der Waals surface area (Å²) in [4.78, 5) is 15.0. The molecule has 0 unspecified atom stereocenters. The zero-order valence-electron chi connectivity index (χ0n) is 13.2. The highest BCUT2D eigenvalue weighted by Crippen LogP contribution is 2.28. The van der Waals surface area contributed by atoms with Crippen LogP contribution in [0.3, 0.4) is 0 Å². The molecule has 1 heterocycles. The third-order valence-corrected chi connectivity index (χ3v) is 4.49. The van der Waals surface area contributed by atoms with Crippen molar-refractivity contribution in [2.75, 3.05) is 6.61 Å². The summed E-state index contributed by atoms with van der Waals surface area (Å²) < 4.78 is 6.39. The molecule has 1 N–H and O–H groups in total. The maximum Gasteiger partial charge on any atom is 0.306 e. The van der Waals surface area contributed by atoms with Gasteiger partial charge >= 0.3 is 5.97 Å². The fourth-order valence-electron chi connectivity index (χ4n) is 2.21. The van der Waals surface area contributed by atoms with Crippen molar-refractivity contribution in [2.45, 2.75) is 6.42 Å². The average Bonchev–Trinajstić information content (AvgIpc) is 3.04. The van der Waals surface area contributed by atoms with E-state index in [4.69, 9.17) is 9.84 Å². The zero-order chi connectivity index (χ0) is 17.6. The van der Waals surface area contributed by atoms with E-state index in [2.05, 4.69) is 11.1 Å². The van der Waals surface area contributed by atoms with Gasteiger partial charge in [0.1, 0.15) is 16.8 Å². The highest BCUT2D eigenvalue weighted by Gasteiger charge is 2.08. The molecular formula is C19H14N2O3S. The van der Waals surface area contributed by atoms with Crippen LogP contribution in [-0.2, 0) is 4.79 Å². The second-order valence-electron chi connectivity index (χ2n) is 5.22. The van der Waals surface area contributed by atoms with Crippen molar-refractivity contribution >= 4 is 39.2 Å². The summed E-state index contributed by atoms with van der Waals surface area (Å²) in [7, 11) is 0. The first kappa shape index (κ1) is 16.7. The van der Waals surface area contributed by atoms with Crippen molar-refractivity contribution in [1.29, 1.82) is 5.26 Å². The predicted octanol–water partition coefficient (Wildman–Crippen LogP) is 4.21. The van der Waals surface area contributed by atoms with Gasteiger partial charge in [-0.25, -0.2) is 4.98 Å². The van der Waals surface area contributed by atoms with Crippen LogP contribution in [-0.4, -0.2) is 22.7 Å². The van der Waals surface area contributed by atoms with Crippen molar-refractivity contribution in [3.63, 3.8) is 0 Å². The van der Waals surface area contributed by atoms with Crippen LogP contribution in [0.1, 0.15) is 17.0 Å². The lowest BCUT2D eigenvalue weighted by atomic mass is 10.1. The number of carboxylic acids is 1. The van der Waals surface area contributed by atoms with E-state index in [-0.39, 0.29) is 13.0 Å². The molecule has 0 spiro atoms. The quantitative estimate of drug-likeness (QED) is 0.673. The Labute approximate surface area is 148 Å². The molecule has 3 aromatic rings. The molecule has 0 fully saturated rings. The lowest BCUT2D eigenvalue weighted by Gasteiger charge is -2.04. The highest BCUT2D eigenvalue weighted by molar-refractivity contribution is 7.19. The molecule has 0 aliphatic carbocycles. The van der Waals surface area contributed by atoms with E-state index in [0.29, 0.717) is 16.3 Å². The van der Waals surface area contributed by atoms with Gasteiger partial charge in [0.05, 0.1) is 28.8 Å². The Balaban J connectivity index is 1.78. The molecular weight excluding hydrogens is 336 g/mol. The molecule has 0 radical (unpaired) electrons. The Morgan fingerprint density at radius 1 is 1.24 bits per heavy atom. The third-order valence-electron chi connectivity index (χ3n) is 3.42. The summed E-state index contributed by atoms with van der Waals surface area (Å²) >= 11 is 1.48. The van der Waals surface area contributed by atoms with Gasteiger partial charge in [0, 0.05) is 0 Å². The largest absolute Gasteiger partial charge is 0.493 e. The second-order valence-corrected chi connectivity index (χ2v) is 6.25. The Hall–Kier alpha value is -3.17. The SMILES string of the molecule is N#C/C(=C/c1ccc(OCCC(=O)O)cc1)c1nc2ccccc2s1. The fourth-order valence-corrected chi connectivity index (χ4v) is 3.14. The van der Waals surface area contributed by atoms with E-state index in [0.717, 1.165) is 15.8 Å². The van der Waals surface area contributed by atoms with Gasteiger partial charge in [-0.1, -0.05) is 24.3 Å². The Morgan fingerprint density at radius 2 is 2.00 bits per heavy atom. The molecule has 0 aliphatic rings. The summed E-state index contributed by atoms with van der Waals surface area (Å²) in [5, 5.41) is 18.7. The van der Waals surface area contributed by atoms with Gasteiger partial charge in [0.25, 0.3) is 0 Å². The third kappa shape index (κ3) is 4.22. The average molecular weight is 350 g/mol. The number of carbonyl (C=O) groups is 1. The number of aromatic nitrogens is 1. The first-order chi connectivity index (χ1) is 12.2. The van der Waals surface area contributed by atoms with Crippen molar-refractivity contribution < 1.29 is 14.6 Å². The number of nitriles is 1. The van der Waals surface area contributed by atoms with Crippen LogP contribution in [0.15, 0.2) is 48.5 Å². The monoisotopic (exact) mass is 350 g/mol. The fraction of sp³-hybridized carbons (Fsp3) is 0.105. The minimum absolute atomic E-state index is 0.0438. The Bertz CT molecular complexity index is 935. The Morgan fingerprint density at radius 3 is 2.68 bits per heavy atom. The van der Waals surface area contributed by atoms with Crippen LogP contribution in [0.25, 0.3) is 21.9 Å². The molecule has 2 aromatic carbocycles. The number of benzene rings is 2. The second kappa shape index (κ2) is 7.60. The lowest BCUT2D eigenvalue weighted by molar-refractivity contribution is -0.137. The summed E-state index contributed by atoms with van der Waals surface area (Å²) in [5.74, 6) is -0.300. The molecule has 6 heteroatoms. The number of hydrogen-bond acceptors (Lipinski definition) is 5. The van der Waals surface area contributed by atoms with Gasteiger partial charge in [-0.15, -0.1) is 11.3 Å². The molecule has 124 valence electrons. The predicted molar refractivity (Wildman–Crippen MR) is 97.3 cm³/mol. The van der Waals surface area contributed by atoms with E-state index < -0.39 is 5.97 Å². The molecule has 0 bridgehead atoms. The number of thiazole rings is 1. The number of aliphatic carboxylic acids is 1. The standard InChI is InChI=1S/C19H14N2O3S/c20-12-14(19-21-16-3-1-2-4-17(16)25-19)11-13-5-7-15(8-6-13)24-10-9-18(22)23/h1-8,11H,9-10H2,(H,22,23)/b14-11-. The van der Waals surface area contributed by atoms with Crippen LogP contribution >= 0.6 is 11.3 Å². The topological polar surface area (TPSA) is 83.2 Å². The van der Waals surface area contributed by atoms with E-state index in [9.17, 15) is 10.1 Å². The van der Waals surface area contributed by atoms with Crippen LogP contribution in [0.2, 0.25) is 0 Å². The zero-order valence-corrected chi connectivity index (χ0v) is 14.0. The lowest BCUT2D eigenvalue weighted by Crippen LogP contribution is -2.04. The maximum atomic E-state index is 10.5. The molecule has 1 aromatic heterocycles. The van der Waals surface area contributed by atoms with Crippen molar-refractivity contribution in [2.24, 2.45) is 0 Å². The van der Waals surface area contributed by atoms with Crippen LogP contribution in [0.5, 0.6) is 5.75 Å². The van der Waals surface area contributed by atoms with Gasteiger partial charge in [0.15, 0.2) is 0 Å². The van der Waals surface area contributed by atoms with Crippen molar-refractivity contribution in [1.82, 2.24) is 4.98 Å². The van der Waals surface area contributed by atoms with Crippen LogP contribution in [0, 0.1) is 11.3 Å². The number of para-hydroxylation sites is 1. The van der Waals surface area contributed by atoms with Crippen LogP contribution in [0.4, 0.5) is 0 Å². The molecule has 0 amide bonds. The van der Waals surface area contributed by atoms with Gasteiger partial charge in [-0.3, -0.25) is 4.79 Å². The summed E-state index contributed by atoms with van der Waals surface area (Å²) in [5.41, 5.74) is 2.23. The van der Waals surface area contributed by atoms with Gasteiger partial charge < -0.3 is 9.84 Å². The highest BCUT2D eigenvalue weighted by atomic mass is 32.1. The molecule has 3 rings (SSSR count). The van der Waals surface area contributed by atoms with E-state index in [1.165, 1.54) is 11.3 Å². The molecule has 0 aliphatic heterocycles. The minimum atomic E-state index is -0.894. The number of nitrogens with zero attached hydrogens (tertiary/aromatic N) is 2. The first-order valence-corrected chi connectivity index (χ1v) is 8.40. The van der Waals surface area contributed by atoms with Gasteiger partial charge in [-0.05, 0) is 35.9 Å².